The summed E-state index contributed by atoms with van der Waals surface area (Å²) in [5, 5.41) is 10.4. The molecule has 1 saturated carbocycles. The van der Waals surface area contributed by atoms with Gasteiger partial charge < -0.3 is 9.88 Å². The van der Waals surface area contributed by atoms with Gasteiger partial charge in [0.1, 0.15) is 11.6 Å². The number of nitrogens with zero attached hydrogens (tertiary/aromatic N) is 2. The van der Waals surface area contributed by atoms with Crippen LogP contribution in [0, 0.1) is 16.7 Å². The van der Waals surface area contributed by atoms with E-state index in [2.05, 4.69) is 31.9 Å². The topological polar surface area (TPSA) is 59.9 Å². The van der Waals surface area contributed by atoms with Crippen molar-refractivity contribution in [3.8, 4) is 6.07 Å². The van der Waals surface area contributed by atoms with E-state index in [0.717, 1.165) is 34.2 Å². The zero-order valence-corrected chi connectivity index (χ0v) is 13.7. The molecule has 0 atom stereocenters. The van der Waals surface area contributed by atoms with Gasteiger partial charge in [0.05, 0.1) is 11.2 Å². The van der Waals surface area contributed by atoms with Gasteiger partial charge >= 0.3 is 0 Å². The first-order chi connectivity index (χ1) is 10.6. The summed E-state index contributed by atoms with van der Waals surface area (Å²) in [4.78, 5) is 17.3. The van der Waals surface area contributed by atoms with Gasteiger partial charge in [0.2, 0.25) is 0 Å². The number of hydrogen-bond donors (Lipinski definition) is 1. The van der Waals surface area contributed by atoms with Gasteiger partial charge in [0.25, 0.3) is 5.56 Å². The second-order valence-electron chi connectivity index (χ2n) is 6.47. The number of aromatic nitrogens is 1. The molecule has 5 heteroatoms. The summed E-state index contributed by atoms with van der Waals surface area (Å²) in [6.45, 7) is 1.86. The lowest BCUT2D eigenvalue weighted by molar-refractivity contribution is 0.385. The molecule has 1 spiro atoms. The van der Waals surface area contributed by atoms with E-state index in [-0.39, 0.29) is 11.1 Å². The third-order valence-corrected chi connectivity index (χ3v) is 5.65. The molecular weight excluding hydrogens is 342 g/mol. The molecule has 0 radical (unpaired) electrons. The van der Waals surface area contributed by atoms with Gasteiger partial charge in [-0.15, -0.1) is 0 Å². The lowest BCUT2D eigenvalue weighted by Gasteiger charge is -2.34. The van der Waals surface area contributed by atoms with E-state index >= 15 is 0 Å². The summed E-state index contributed by atoms with van der Waals surface area (Å²) in [6.07, 6.45) is 5.02. The number of benzene rings is 1. The first-order valence-corrected chi connectivity index (χ1v) is 8.42. The molecule has 2 aliphatic rings. The Morgan fingerprint density at radius 2 is 1.95 bits per heavy atom. The van der Waals surface area contributed by atoms with Crippen molar-refractivity contribution in [1.29, 1.82) is 5.26 Å². The minimum absolute atomic E-state index is 0.234. The number of fused-ring (bicyclic) bond motifs is 1. The summed E-state index contributed by atoms with van der Waals surface area (Å²) in [5.74, 6) is 0. The predicted molar refractivity (Wildman–Crippen MR) is 90.1 cm³/mol. The Balaban J connectivity index is 1.88. The van der Waals surface area contributed by atoms with Crippen molar-refractivity contribution in [3.05, 3.63) is 38.6 Å². The second kappa shape index (κ2) is 4.85. The zero-order chi connectivity index (χ0) is 15.3. The summed E-state index contributed by atoms with van der Waals surface area (Å²) in [7, 11) is 0. The van der Waals surface area contributed by atoms with Crippen molar-refractivity contribution in [2.45, 2.75) is 25.7 Å². The quantitative estimate of drug-likeness (QED) is 0.848. The minimum atomic E-state index is -0.293. The smallest absolute Gasteiger partial charge is 0.268 e. The van der Waals surface area contributed by atoms with Crippen molar-refractivity contribution in [1.82, 2.24) is 4.98 Å². The fourth-order valence-corrected chi connectivity index (χ4v) is 3.92. The highest BCUT2D eigenvalue weighted by Crippen LogP contribution is 2.54. The molecule has 4 rings (SSSR count). The average Bonchev–Trinajstić information content (AvgIpc) is 3.27. The number of piperidine rings is 1. The number of aromatic amines is 1. The summed E-state index contributed by atoms with van der Waals surface area (Å²) < 4.78 is 0.952. The van der Waals surface area contributed by atoms with Crippen molar-refractivity contribution >= 4 is 32.5 Å². The van der Waals surface area contributed by atoms with E-state index in [1.54, 1.807) is 0 Å². The first kappa shape index (κ1) is 13.8. The van der Waals surface area contributed by atoms with E-state index in [0.29, 0.717) is 5.41 Å². The number of rotatable bonds is 1. The van der Waals surface area contributed by atoms with E-state index in [4.69, 9.17) is 0 Å². The first-order valence-electron chi connectivity index (χ1n) is 7.63. The maximum atomic E-state index is 12.2. The van der Waals surface area contributed by atoms with Crippen LogP contribution in [0.4, 0.5) is 5.69 Å². The Bertz CT molecular complexity index is 851. The van der Waals surface area contributed by atoms with Crippen LogP contribution in [0.2, 0.25) is 0 Å². The van der Waals surface area contributed by atoms with Gasteiger partial charge in [0.15, 0.2) is 0 Å². The van der Waals surface area contributed by atoms with Crippen LogP contribution in [-0.2, 0) is 0 Å². The van der Waals surface area contributed by atoms with Crippen molar-refractivity contribution in [2.75, 3.05) is 18.0 Å². The third kappa shape index (κ3) is 2.14. The lowest BCUT2D eigenvalue weighted by Crippen LogP contribution is -2.36. The molecule has 1 aromatic heterocycles. The highest BCUT2D eigenvalue weighted by atomic mass is 79.9. The molecule has 1 aromatic carbocycles. The van der Waals surface area contributed by atoms with Crippen molar-refractivity contribution < 1.29 is 0 Å². The molecular formula is C17H16BrN3O. The van der Waals surface area contributed by atoms with Crippen LogP contribution < -0.4 is 10.5 Å². The van der Waals surface area contributed by atoms with Crippen LogP contribution in [0.5, 0.6) is 0 Å². The number of anilines is 1. The molecule has 1 N–H and O–H groups in total. The third-order valence-electron chi connectivity index (χ3n) is 5.16. The van der Waals surface area contributed by atoms with Crippen LogP contribution in [0.25, 0.3) is 10.9 Å². The fraction of sp³-hybridized carbons (Fsp3) is 0.412. The number of H-pyrrole nitrogens is 1. The van der Waals surface area contributed by atoms with Crippen LogP contribution in [0.3, 0.4) is 0 Å². The summed E-state index contributed by atoms with van der Waals surface area (Å²) >= 11 is 3.49. The van der Waals surface area contributed by atoms with E-state index in [1.165, 1.54) is 25.7 Å². The van der Waals surface area contributed by atoms with Gasteiger partial charge in [0, 0.05) is 22.9 Å². The molecule has 1 aliphatic heterocycles. The molecule has 1 aliphatic carbocycles. The minimum Gasteiger partial charge on any atom is -0.370 e. The number of nitriles is 1. The van der Waals surface area contributed by atoms with Crippen molar-refractivity contribution in [3.63, 3.8) is 0 Å². The zero-order valence-electron chi connectivity index (χ0n) is 12.2. The van der Waals surface area contributed by atoms with Crippen LogP contribution in [0.1, 0.15) is 31.2 Å². The number of hydrogen-bond acceptors (Lipinski definition) is 3. The van der Waals surface area contributed by atoms with E-state index in [9.17, 15) is 10.1 Å². The highest BCUT2D eigenvalue weighted by molar-refractivity contribution is 9.10. The lowest BCUT2D eigenvalue weighted by atomic mass is 9.92. The maximum Gasteiger partial charge on any atom is 0.268 e. The van der Waals surface area contributed by atoms with Crippen molar-refractivity contribution in [2.24, 2.45) is 5.41 Å². The van der Waals surface area contributed by atoms with E-state index < -0.39 is 0 Å². The molecule has 0 amide bonds. The number of nitrogens with one attached hydrogen (secondary N) is 1. The molecule has 0 unspecified atom stereocenters. The van der Waals surface area contributed by atoms with Crippen LogP contribution >= 0.6 is 15.9 Å². The van der Waals surface area contributed by atoms with Gasteiger partial charge in [-0.3, -0.25) is 4.79 Å². The Hall–Kier alpha value is -1.80. The highest BCUT2D eigenvalue weighted by Gasteiger charge is 2.44. The molecule has 2 aromatic rings. The molecule has 4 nitrogen and oxygen atoms in total. The Labute approximate surface area is 136 Å². The molecule has 1 saturated heterocycles. The number of halogens is 1. The van der Waals surface area contributed by atoms with Gasteiger partial charge in [-0.05, 0) is 49.3 Å². The molecule has 22 heavy (non-hydrogen) atoms. The summed E-state index contributed by atoms with van der Waals surface area (Å²) in [6, 6.07) is 7.89. The largest absolute Gasteiger partial charge is 0.370 e. The monoisotopic (exact) mass is 357 g/mol. The van der Waals surface area contributed by atoms with Gasteiger partial charge in [-0.25, -0.2) is 0 Å². The van der Waals surface area contributed by atoms with E-state index in [1.807, 2.05) is 18.2 Å². The average molecular weight is 358 g/mol. The SMILES string of the molecule is N#Cc1c(N2CCC3(CC2)CC3)c2cc(Br)ccc2[nH]c1=O. The standard InChI is InChI=1S/C17H16BrN3O/c18-11-1-2-14-12(9-11)15(13(10-19)16(22)20-14)21-7-5-17(3-4-17)6-8-21/h1-2,9H,3-8H2,(H,20,22). The second-order valence-corrected chi connectivity index (χ2v) is 7.38. The normalized spacial score (nSPS) is 19.4. The molecule has 0 bridgehead atoms. The molecule has 112 valence electrons. The molecule has 2 heterocycles. The number of pyridine rings is 1. The Morgan fingerprint density at radius 3 is 2.59 bits per heavy atom. The maximum absolute atomic E-state index is 12.2. The summed E-state index contributed by atoms with van der Waals surface area (Å²) in [5.41, 5.74) is 2.10. The fourth-order valence-electron chi connectivity index (χ4n) is 3.56. The Morgan fingerprint density at radius 1 is 1.23 bits per heavy atom. The molecule has 2 fully saturated rings. The van der Waals surface area contributed by atoms with Gasteiger partial charge in [-0.2, -0.15) is 5.26 Å². The van der Waals surface area contributed by atoms with Crippen LogP contribution in [-0.4, -0.2) is 18.1 Å². The Kier molecular flexibility index (Phi) is 3.05. The predicted octanol–water partition coefficient (Wildman–Crippen LogP) is 3.54. The van der Waals surface area contributed by atoms with Gasteiger partial charge in [-0.1, -0.05) is 15.9 Å². The van der Waals surface area contributed by atoms with Crippen LogP contribution in [0.15, 0.2) is 27.5 Å².